The van der Waals surface area contributed by atoms with Crippen molar-refractivity contribution in [3.63, 3.8) is 0 Å². The lowest BCUT2D eigenvalue weighted by Crippen LogP contribution is -2.55. The lowest BCUT2D eigenvalue weighted by molar-refractivity contribution is 0.0943. The summed E-state index contributed by atoms with van der Waals surface area (Å²) in [5.74, 6) is 0.547. The zero-order chi connectivity index (χ0) is 21.5. The number of carbonyl (C=O) groups is 1. The van der Waals surface area contributed by atoms with Crippen LogP contribution in [0.1, 0.15) is 54.9 Å². The molecule has 1 aliphatic heterocycles. The number of rotatable bonds is 4. The number of amides is 1. The molecular formula is C26H34N4O. The summed E-state index contributed by atoms with van der Waals surface area (Å²) in [7, 11) is 0. The molecule has 1 amide bonds. The molecule has 0 aromatic heterocycles. The fourth-order valence-corrected chi connectivity index (χ4v) is 4.65. The van der Waals surface area contributed by atoms with Gasteiger partial charge in [-0.3, -0.25) is 15.0 Å². The van der Waals surface area contributed by atoms with E-state index in [1.54, 1.807) is 0 Å². The monoisotopic (exact) mass is 418 g/mol. The van der Waals surface area contributed by atoms with E-state index in [0.717, 1.165) is 44.3 Å². The Kier molecular flexibility index (Phi) is 7.36. The Bertz CT molecular complexity index is 881. The predicted molar refractivity (Wildman–Crippen MR) is 127 cm³/mol. The minimum absolute atomic E-state index is 0.110. The molecular weight excluding hydrogens is 384 g/mol. The summed E-state index contributed by atoms with van der Waals surface area (Å²) in [6, 6.07) is 18.4. The van der Waals surface area contributed by atoms with Crippen LogP contribution in [0.25, 0.3) is 0 Å². The van der Waals surface area contributed by atoms with Crippen LogP contribution in [0.5, 0.6) is 0 Å². The maximum atomic E-state index is 12.9. The average Bonchev–Trinajstić information content (AvgIpc) is 2.85. The highest BCUT2D eigenvalue weighted by Gasteiger charge is 2.27. The Labute approximate surface area is 186 Å². The SMILES string of the molecule is CCc1cccc(N=C(NC(=O)c2ccccc2)N2CCN(C3CCCCC3)CC2)c1. The van der Waals surface area contributed by atoms with Gasteiger partial charge < -0.3 is 4.90 Å². The van der Waals surface area contributed by atoms with Gasteiger partial charge in [-0.15, -0.1) is 0 Å². The van der Waals surface area contributed by atoms with Gasteiger partial charge in [-0.25, -0.2) is 4.99 Å². The molecule has 0 atom stereocenters. The molecule has 4 rings (SSSR count). The number of benzene rings is 2. The number of nitrogens with zero attached hydrogens (tertiary/aromatic N) is 3. The maximum Gasteiger partial charge on any atom is 0.257 e. The van der Waals surface area contributed by atoms with E-state index in [9.17, 15) is 4.79 Å². The molecule has 31 heavy (non-hydrogen) atoms. The highest BCUT2D eigenvalue weighted by atomic mass is 16.1. The van der Waals surface area contributed by atoms with Crippen molar-refractivity contribution in [1.82, 2.24) is 15.1 Å². The molecule has 1 N–H and O–H groups in total. The molecule has 0 unspecified atom stereocenters. The highest BCUT2D eigenvalue weighted by Crippen LogP contribution is 2.24. The number of aliphatic imine (C=N–C) groups is 1. The van der Waals surface area contributed by atoms with Crippen LogP contribution in [0.2, 0.25) is 0 Å². The normalized spacial score (nSPS) is 18.7. The highest BCUT2D eigenvalue weighted by molar-refractivity contribution is 6.06. The third-order valence-electron chi connectivity index (χ3n) is 6.52. The van der Waals surface area contributed by atoms with Gasteiger partial charge in [0, 0.05) is 37.8 Å². The molecule has 2 aromatic carbocycles. The van der Waals surface area contributed by atoms with Crippen LogP contribution in [0, 0.1) is 0 Å². The van der Waals surface area contributed by atoms with E-state index in [-0.39, 0.29) is 5.91 Å². The Morgan fingerprint density at radius 2 is 1.71 bits per heavy atom. The number of hydrogen-bond donors (Lipinski definition) is 1. The van der Waals surface area contributed by atoms with Gasteiger partial charge in [0.05, 0.1) is 5.69 Å². The van der Waals surface area contributed by atoms with Crippen LogP contribution in [0.15, 0.2) is 59.6 Å². The van der Waals surface area contributed by atoms with Crippen molar-refractivity contribution in [3.05, 3.63) is 65.7 Å². The number of carbonyl (C=O) groups excluding carboxylic acids is 1. The molecule has 1 heterocycles. The predicted octanol–water partition coefficient (Wildman–Crippen LogP) is 4.62. The van der Waals surface area contributed by atoms with Crippen molar-refractivity contribution in [2.24, 2.45) is 4.99 Å². The summed E-state index contributed by atoms with van der Waals surface area (Å²) in [6.45, 7) is 5.97. The van der Waals surface area contributed by atoms with E-state index in [1.807, 2.05) is 42.5 Å². The third kappa shape index (κ3) is 5.73. The van der Waals surface area contributed by atoms with E-state index in [4.69, 9.17) is 4.99 Å². The molecule has 1 saturated carbocycles. The summed E-state index contributed by atoms with van der Waals surface area (Å²) in [6.07, 6.45) is 7.73. The van der Waals surface area contributed by atoms with Crippen molar-refractivity contribution in [1.29, 1.82) is 0 Å². The van der Waals surface area contributed by atoms with Gasteiger partial charge in [0.2, 0.25) is 5.96 Å². The molecule has 2 aliphatic rings. The summed E-state index contributed by atoms with van der Waals surface area (Å²) < 4.78 is 0. The van der Waals surface area contributed by atoms with Crippen LogP contribution in [0.3, 0.4) is 0 Å². The van der Waals surface area contributed by atoms with Crippen LogP contribution in [0.4, 0.5) is 5.69 Å². The van der Waals surface area contributed by atoms with Gasteiger partial charge in [-0.1, -0.05) is 56.5 Å². The first-order valence-electron chi connectivity index (χ1n) is 11.8. The lowest BCUT2D eigenvalue weighted by atomic mass is 9.94. The summed E-state index contributed by atoms with van der Waals surface area (Å²) in [4.78, 5) is 22.7. The fourth-order valence-electron chi connectivity index (χ4n) is 4.65. The van der Waals surface area contributed by atoms with Gasteiger partial charge in [0.15, 0.2) is 0 Å². The molecule has 0 spiro atoms. The van der Waals surface area contributed by atoms with Crippen molar-refractivity contribution in [2.75, 3.05) is 26.2 Å². The van der Waals surface area contributed by atoms with Crippen LogP contribution in [-0.4, -0.2) is 53.9 Å². The van der Waals surface area contributed by atoms with E-state index in [0.29, 0.717) is 11.5 Å². The Balaban J connectivity index is 1.50. The zero-order valence-electron chi connectivity index (χ0n) is 18.6. The maximum absolute atomic E-state index is 12.9. The number of hydrogen-bond acceptors (Lipinski definition) is 3. The van der Waals surface area contributed by atoms with Crippen molar-refractivity contribution in [2.45, 2.75) is 51.5 Å². The fraction of sp³-hybridized carbons (Fsp3) is 0.462. The van der Waals surface area contributed by atoms with E-state index >= 15 is 0 Å². The quantitative estimate of drug-likeness (QED) is 0.582. The summed E-state index contributed by atoms with van der Waals surface area (Å²) in [5.41, 5.74) is 2.79. The first-order chi connectivity index (χ1) is 15.2. The van der Waals surface area contributed by atoms with Crippen molar-refractivity contribution < 1.29 is 4.79 Å². The minimum atomic E-state index is -0.110. The van der Waals surface area contributed by atoms with E-state index < -0.39 is 0 Å². The molecule has 5 nitrogen and oxygen atoms in total. The zero-order valence-corrected chi connectivity index (χ0v) is 18.6. The lowest BCUT2D eigenvalue weighted by Gasteiger charge is -2.41. The van der Waals surface area contributed by atoms with E-state index in [1.165, 1.54) is 37.7 Å². The number of piperazine rings is 1. The molecule has 1 aliphatic carbocycles. The van der Waals surface area contributed by atoms with Crippen molar-refractivity contribution in [3.8, 4) is 0 Å². The molecule has 2 fully saturated rings. The minimum Gasteiger partial charge on any atom is -0.340 e. The first-order valence-corrected chi connectivity index (χ1v) is 11.8. The number of aryl methyl sites for hydroxylation is 1. The van der Waals surface area contributed by atoms with Gasteiger partial charge in [0.1, 0.15) is 0 Å². The Hall–Kier alpha value is -2.66. The standard InChI is InChI=1S/C26H34N4O/c1-2-21-10-9-13-23(20-21)27-26(28-25(31)22-11-5-3-6-12-22)30-18-16-29(17-19-30)24-14-7-4-8-15-24/h3,5-6,9-13,20,24H,2,4,7-8,14-19H2,1H3,(H,27,28,31). The van der Waals surface area contributed by atoms with Crippen LogP contribution in [-0.2, 0) is 6.42 Å². The number of nitrogens with one attached hydrogen (secondary N) is 1. The third-order valence-corrected chi connectivity index (χ3v) is 6.52. The summed E-state index contributed by atoms with van der Waals surface area (Å²) in [5, 5.41) is 3.10. The smallest absolute Gasteiger partial charge is 0.257 e. The van der Waals surface area contributed by atoms with Crippen molar-refractivity contribution >= 4 is 17.6 Å². The van der Waals surface area contributed by atoms with Gasteiger partial charge >= 0.3 is 0 Å². The number of guanidine groups is 1. The largest absolute Gasteiger partial charge is 0.340 e. The second kappa shape index (κ2) is 10.6. The Morgan fingerprint density at radius 1 is 0.968 bits per heavy atom. The summed E-state index contributed by atoms with van der Waals surface area (Å²) >= 11 is 0. The Morgan fingerprint density at radius 3 is 2.42 bits per heavy atom. The van der Waals surface area contributed by atoms with Crippen LogP contribution >= 0.6 is 0 Å². The molecule has 5 heteroatoms. The average molecular weight is 419 g/mol. The topological polar surface area (TPSA) is 47.9 Å². The van der Waals surface area contributed by atoms with Gasteiger partial charge in [-0.2, -0.15) is 0 Å². The molecule has 0 bridgehead atoms. The second-order valence-corrected chi connectivity index (χ2v) is 8.59. The van der Waals surface area contributed by atoms with E-state index in [2.05, 4.69) is 34.2 Å². The van der Waals surface area contributed by atoms with Crippen LogP contribution < -0.4 is 5.32 Å². The molecule has 2 aromatic rings. The van der Waals surface area contributed by atoms with Gasteiger partial charge in [0.25, 0.3) is 5.91 Å². The molecule has 1 saturated heterocycles. The second-order valence-electron chi connectivity index (χ2n) is 8.59. The van der Waals surface area contributed by atoms with Gasteiger partial charge in [-0.05, 0) is 49.1 Å². The molecule has 0 radical (unpaired) electrons. The molecule has 164 valence electrons. The first kappa shape index (κ1) is 21.6.